The van der Waals surface area contributed by atoms with Gasteiger partial charge in [-0.2, -0.15) is 0 Å². The molecule has 28 heavy (non-hydrogen) atoms. The van der Waals surface area contributed by atoms with Gasteiger partial charge in [0, 0.05) is 12.5 Å². The predicted octanol–water partition coefficient (Wildman–Crippen LogP) is 4.09. The molecule has 2 atom stereocenters. The highest BCUT2D eigenvalue weighted by atomic mass is 16.7. The number of hydrogen-bond acceptors (Lipinski definition) is 6. The van der Waals surface area contributed by atoms with Crippen LogP contribution in [0.3, 0.4) is 0 Å². The molecule has 0 aliphatic carbocycles. The monoisotopic (exact) mass is 393 g/mol. The van der Waals surface area contributed by atoms with Crippen LogP contribution in [0.5, 0.6) is 5.75 Å². The lowest BCUT2D eigenvalue weighted by Gasteiger charge is -2.36. The zero-order chi connectivity index (χ0) is 21.1. The van der Waals surface area contributed by atoms with Gasteiger partial charge in [0.05, 0.1) is 12.6 Å². The smallest absolute Gasteiger partial charge is 0.444 e. The highest BCUT2D eigenvalue weighted by Gasteiger charge is 2.33. The Balaban J connectivity index is 1.94. The number of aliphatic hydroxyl groups is 1. The van der Waals surface area contributed by atoms with Gasteiger partial charge in [0.2, 0.25) is 0 Å². The molecule has 1 aromatic carbocycles. The molecule has 0 radical (unpaired) electrons. The van der Waals surface area contributed by atoms with Crippen LogP contribution in [-0.4, -0.2) is 52.7 Å². The van der Waals surface area contributed by atoms with Crippen LogP contribution in [0.15, 0.2) is 24.3 Å². The Hall–Kier alpha value is -2.28. The summed E-state index contributed by atoms with van der Waals surface area (Å²) in [7, 11) is 0. The van der Waals surface area contributed by atoms with Crippen LogP contribution in [-0.2, 0) is 9.47 Å². The molecule has 2 unspecified atom stereocenters. The number of ether oxygens (including phenoxy) is 3. The number of aliphatic hydroxyl groups excluding tert-OH is 1. The third-order valence-electron chi connectivity index (χ3n) is 4.13. The zero-order valence-electron chi connectivity index (χ0n) is 17.5. The third kappa shape index (κ3) is 6.71. The molecule has 1 saturated heterocycles. The Morgan fingerprint density at radius 3 is 2.07 bits per heavy atom. The predicted molar refractivity (Wildman–Crippen MR) is 104 cm³/mol. The van der Waals surface area contributed by atoms with Gasteiger partial charge in [0.15, 0.2) is 0 Å². The average Bonchev–Trinajstić information content (AvgIpc) is 2.52. The lowest BCUT2D eigenvalue weighted by molar-refractivity contribution is -0.00152. The number of β-amino-alcohol motifs (C(OH)–C–C–N with tert-alkyl or cyclic N) is 1. The van der Waals surface area contributed by atoms with Gasteiger partial charge in [-0.1, -0.05) is 12.1 Å². The van der Waals surface area contributed by atoms with Crippen molar-refractivity contribution in [2.75, 3.05) is 13.1 Å². The SMILES string of the molecule is CC(C)(C)OC(=O)Oc1ccc(C2CCN(C(=O)OC(C)(C)C)CC2O)cc1. The summed E-state index contributed by atoms with van der Waals surface area (Å²) >= 11 is 0. The first-order chi connectivity index (χ1) is 12.8. The molecular weight excluding hydrogens is 362 g/mol. The van der Waals surface area contributed by atoms with Crippen LogP contribution in [0.25, 0.3) is 0 Å². The van der Waals surface area contributed by atoms with E-state index < -0.39 is 29.6 Å². The lowest BCUT2D eigenvalue weighted by atomic mass is 9.87. The second-order valence-corrected chi connectivity index (χ2v) is 9.02. The molecule has 1 N–H and O–H groups in total. The highest BCUT2D eigenvalue weighted by Crippen LogP contribution is 2.30. The maximum Gasteiger partial charge on any atom is 0.514 e. The lowest BCUT2D eigenvalue weighted by Crippen LogP contribution is -2.47. The van der Waals surface area contributed by atoms with Crippen LogP contribution in [0.4, 0.5) is 9.59 Å². The van der Waals surface area contributed by atoms with Gasteiger partial charge in [-0.25, -0.2) is 9.59 Å². The van der Waals surface area contributed by atoms with Crippen LogP contribution in [0, 0.1) is 0 Å². The molecule has 7 nitrogen and oxygen atoms in total. The molecule has 2 rings (SSSR count). The maximum absolute atomic E-state index is 12.2. The number of piperidine rings is 1. The van der Waals surface area contributed by atoms with Crippen LogP contribution in [0.1, 0.15) is 59.4 Å². The van der Waals surface area contributed by atoms with Crippen molar-refractivity contribution in [2.45, 2.75) is 71.2 Å². The van der Waals surface area contributed by atoms with Crippen molar-refractivity contribution in [3.05, 3.63) is 29.8 Å². The number of hydrogen-bond donors (Lipinski definition) is 1. The summed E-state index contributed by atoms with van der Waals surface area (Å²) in [6.07, 6.45) is -1.25. The van der Waals surface area contributed by atoms with Gasteiger partial charge in [0.25, 0.3) is 0 Å². The highest BCUT2D eigenvalue weighted by molar-refractivity contribution is 5.68. The summed E-state index contributed by atoms with van der Waals surface area (Å²) in [5.74, 6) is 0.271. The van der Waals surface area contributed by atoms with Crippen LogP contribution in [0.2, 0.25) is 0 Å². The van der Waals surface area contributed by atoms with Gasteiger partial charge in [-0.05, 0) is 65.7 Å². The van der Waals surface area contributed by atoms with E-state index in [9.17, 15) is 14.7 Å². The molecule has 0 spiro atoms. The first-order valence-electron chi connectivity index (χ1n) is 9.51. The van der Waals surface area contributed by atoms with E-state index in [1.807, 2.05) is 32.9 Å². The summed E-state index contributed by atoms with van der Waals surface area (Å²) in [5, 5.41) is 10.5. The van der Waals surface area contributed by atoms with E-state index in [-0.39, 0.29) is 12.5 Å². The molecular formula is C21H31NO6. The second kappa shape index (κ2) is 8.39. The molecule has 156 valence electrons. The van der Waals surface area contributed by atoms with Crippen LogP contribution < -0.4 is 4.74 Å². The van der Waals surface area contributed by atoms with E-state index in [2.05, 4.69) is 0 Å². The van der Waals surface area contributed by atoms with E-state index in [4.69, 9.17) is 14.2 Å². The van der Waals surface area contributed by atoms with Crippen molar-refractivity contribution in [1.82, 2.24) is 4.90 Å². The fraction of sp³-hybridized carbons (Fsp3) is 0.619. The van der Waals surface area contributed by atoms with Crippen LogP contribution >= 0.6 is 0 Å². The van der Waals surface area contributed by atoms with Crippen molar-refractivity contribution in [3.63, 3.8) is 0 Å². The van der Waals surface area contributed by atoms with Gasteiger partial charge in [-0.15, -0.1) is 0 Å². The van der Waals surface area contributed by atoms with Crippen molar-refractivity contribution in [3.8, 4) is 5.75 Å². The molecule has 1 aromatic rings. The number of carbonyl (C=O) groups excluding carboxylic acids is 2. The van der Waals surface area contributed by atoms with E-state index in [0.717, 1.165) is 5.56 Å². The van der Waals surface area contributed by atoms with E-state index >= 15 is 0 Å². The first kappa shape index (κ1) is 22.0. The minimum absolute atomic E-state index is 0.103. The Morgan fingerprint density at radius 1 is 1.00 bits per heavy atom. The molecule has 1 heterocycles. The Kier molecular flexibility index (Phi) is 6.59. The second-order valence-electron chi connectivity index (χ2n) is 9.02. The largest absolute Gasteiger partial charge is 0.514 e. The van der Waals surface area contributed by atoms with Gasteiger partial charge in [0.1, 0.15) is 17.0 Å². The van der Waals surface area contributed by atoms with Gasteiger partial charge in [-0.3, -0.25) is 0 Å². The summed E-state index contributed by atoms with van der Waals surface area (Å²) in [5.41, 5.74) is -0.264. The van der Waals surface area contributed by atoms with Crippen molar-refractivity contribution >= 4 is 12.2 Å². The van der Waals surface area contributed by atoms with Gasteiger partial charge < -0.3 is 24.2 Å². The molecule has 7 heteroatoms. The molecule has 1 amide bonds. The molecule has 0 aromatic heterocycles. The molecule has 1 aliphatic heterocycles. The van der Waals surface area contributed by atoms with E-state index in [1.54, 1.807) is 32.9 Å². The van der Waals surface area contributed by atoms with E-state index in [0.29, 0.717) is 18.7 Å². The number of amides is 1. The molecule has 0 saturated carbocycles. The van der Waals surface area contributed by atoms with Crippen molar-refractivity contribution in [1.29, 1.82) is 0 Å². The molecule has 1 fully saturated rings. The Morgan fingerprint density at radius 2 is 1.57 bits per heavy atom. The summed E-state index contributed by atoms with van der Waals surface area (Å²) in [6, 6.07) is 6.98. The van der Waals surface area contributed by atoms with E-state index in [1.165, 1.54) is 4.90 Å². The summed E-state index contributed by atoms with van der Waals surface area (Å²) in [6.45, 7) is 11.5. The standard InChI is InChI=1S/C21H31NO6/c1-20(2,3)27-18(24)22-12-11-16(17(23)13-22)14-7-9-15(10-8-14)26-19(25)28-21(4,5)6/h7-10,16-17,23H,11-13H2,1-6H3. The molecule has 1 aliphatic rings. The number of rotatable bonds is 2. The van der Waals surface area contributed by atoms with Gasteiger partial charge >= 0.3 is 12.2 Å². The zero-order valence-corrected chi connectivity index (χ0v) is 17.5. The normalized spacial score (nSPS) is 20.5. The maximum atomic E-state index is 12.2. The topological polar surface area (TPSA) is 85.3 Å². The molecule has 0 bridgehead atoms. The Labute approximate surface area is 166 Å². The fourth-order valence-electron chi connectivity index (χ4n) is 2.96. The number of nitrogens with zero attached hydrogens (tertiary/aromatic N) is 1. The van der Waals surface area contributed by atoms with Crippen molar-refractivity contribution < 1.29 is 28.9 Å². The number of likely N-dealkylation sites (tertiary alicyclic amines) is 1. The summed E-state index contributed by atoms with van der Waals surface area (Å²) < 4.78 is 15.7. The number of carbonyl (C=O) groups is 2. The summed E-state index contributed by atoms with van der Waals surface area (Å²) in [4.78, 5) is 25.4. The minimum atomic E-state index is -0.758. The first-order valence-corrected chi connectivity index (χ1v) is 9.51. The fourth-order valence-corrected chi connectivity index (χ4v) is 2.96. The van der Waals surface area contributed by atoms with Crippen molar-refractivity contribution in [2.24, 2.45) is 0 Å². The third-order valence-corrected chi connectivity index (χ3v) is 4.13. The average molecular weight is 393 g/mol. The number of benzene rings is 1. The quantitative estimate of drug-likeness (QED) is 0.602. The minimum Gasteiger partial charge on any atom is -0.444 e. The Bertz CT molecular complexity index is 686.